The van der Waals surface area contributed by atoms with Gasteiger partial charge in [0, 0.05) is 23.0 Å². The largest absolute Gasteiger partial charge is 0.350 e. The van der Waals surface area contributed by atoms with E-state index in [1.54, 1.807) is 11.3 Å². The fourth-order valence-electron chi connectivity index (χ4n) is 3.10. The van der Waals surface area contributed by atoms with Crippen molar-refractivity contribution in [1.29, 1.82) is 0 Å². The van der Waals surface area contributed by atoms with Crippen molar-refractivity contribution in [3.63, 3.8) is 0 Å². The maximum absolute atomic E-state index is 12.8. The van der Waals surface area contributed by atoms with Crippen LogP contribution < -0.4 is 10.6 Å². The summed E-state index contributed by atoms with van der Waals surface area (Å²) in [6, 6.07) is 9.79. The first-order valence-electron chi connectivity index (χ1n) is 9.19. The number of rotatable bonds is 7. The van der Waals surface area contributed by atoms with Gasteiger partial charge in [0.05, 0.1) is 23.9 Å². The normalized spacial score (nSPS) is 17.6. The third-order valence-electron chi connectivity index (χ3n) is 4.67. The molecule has 1 atom stereocenters. The number of halogens is 1. The molecule has 0 bridgehead atoms. The summed E-state index contributed by atoms with van der Waals surface area (Å²) >= 11 is 7.37. The highest BCUT2D eigenvalue weighted by Gasteiger charge is 2.33. The van der Waals surface area contributed by atoms with Crippen molar-refractivity contribution in [2.75, 3.05) is 19.6 Å². The lowest BCUT2D eigenvalue weighted by Crippen LogP contribution is -2.47. The van der Waals surface area contributed by atoms with Gasteiger partial charge in [0.2, 0.25) is 21.8 Å². The number of benzene rings is 1. The summed E-state index contributed by atoms with van der Waals surface area (Å²) in [5.74, 6) is -1.09. The highest BCUT2D eigenvalue weighted by Crippen LogP contribution is 2.24. The summed E-state index contributed by atoms with van der Waals surface area (Å²) in [6.07, 6.45) is 1.16. The second-order valence-electron chi connectivity index (χ2n) is 6.73. The number of amides is 2. The fourth-order valence-corrected chi connectivity index (χ4v) is 5.40. The topological polar surface area (TPSA) is 95.6 Å². The number of hydrogen-bond acceptors (Lipinski definition) is 5. The Balaban J connectivity index is 1.52. The SMILES string of the molecule is O=C(CNC(=O)[C@H]1CCCN(S(=O)(=O)c2ccc(Cl)cc2)C1)NCc1cccs1. The zero-order valence-electron chi connectivity index (χ0n) is 15.6. The maximum Gasteiger partial charge on any atom is 0.243 e. The van der Waals surface area contributed by atoms with Crippen LogP contribution in [0.3, 0.4) is 0 Å². The molecule has 1 aliphatic heterocycles. The molecular weight excluding hydrogens is 434 g/mol. The van der Waals surface area contributed by atoms with Crippen LogP contribution in [0.4, 0.5) is 0 Å². The Morgan fingerprint density at radius 1 is 1.17 bits per heavy atom. The van der Waals surface area contributed by atoms with Crippen LogP contribution in [-0.4, -0.2) is 44.2 Å². The Hall–Kier alpha value is -1.94. The first kappa shape index (κ1) is 21.8. The molecule has 0 radical (unpaired) electrons. The van der Waals surface area contributed by atoms with Gasteiger partial charge in [-0.05, 0) is 48.6 Å². The van der Waals surface area contributed by atoms with Crippen LogP contribution in [0.1, 0.15) is 17.7 Å². The third-order valence-corrected chi connectivity index (χ3v) is 7.68. The maximum atomic E-state index is 12.8. The number of nitrogens with one attached hydrogen (secondary N) is 2. The molecule has 7 nitrogen and oxygen atoms in total. The molecule has 3 rings (SSSR count). The van der Waals surface area contributed by atoms with E-state index in [1.807, 2.05) is 17.5 Å². The van der Waals surface area contributed by atoms with Crippen LogP contribution in [0.15, 0.2) is 46.7 Å². The molecule has 0 saturated carbocycles. The second kappa shape index (κ2) is 9.71. The van der Waals surface area contributed by atoms with Crippen molar-refractivity contribution >= 4 is 44.8 Å². The Bertz CT molecular complexity index is 946. The van der Waals surface area contributed by atoms with E-state index in [0.29, 0.717) is 31.0 Å². The Labute approximate surface area is 179 Å². The van der Waals surface area contributed by atoms with Gasteiger partial charge >= 0.3 is 0 Å². The molecule has 2 heterocycles. The van der Waals surface area contributed by atoms with E-state index in [2.05, 4.69) is 10.6 Å². The number of piperidine rings is 1. The smallest absolute Gasteiger partial charge is 0.243 e. The van der Waals surface area contributed by atoms with Crippen LogP contribution in [-0.2, 0) is 26.2 Å². The van der Waals surface area contributed by atoms with Gasteiger partial charge in [-0.2, -0.15) is 4.31 Å². The minimum absolute atomic E-state index is 0.0909. The molecule has 2 N–H and O–H groups in total. The van der Waals surface area contributed by atoms with E-state index >= 15 is 0 Å². The number of carbonyl (C=O) groups excluding carboxylic acids is 2. The first-order chi connectivity index (χ1) is 13.9. The summed E-state index contributed by atoms with van der Waals surface area (Å²) in [4.78, 5) is 25.6. The molecule has 1 saturated heterocycles. The predicted molar refractivity (Wildman–Crippen MR) is 112 cm³/mol. The lowest BCUT2D eigenvalue weighted by atomic mass is 9.99. The molecule has 0 spiro atoms. The molecule has 1 aromatic heterocycles. The molecule has 1 aromatic carbocycles. The molecule has 1 fully saturated rings. The van der Waals surface area contributed by atoms with E-state index in [0.717, 1.165) is 4.88 Å². The van der Waals surface area contributed by atoms with Crippen molar-refractivity contribution < 1.29 is 18.0 Å². The molecule has 2 aromatic rings. The van der Waals surface area contributed by atoms with Crippen molar-refractivity contribution in [2.24, 2.45) is 5.92 Å². The fraction of sp³-hybridized carbons (Fsp3) is 0.368. The van der Waals surface area contributed by atoms with E-state index in [1.165, 1.54) is 28.6 Å². The molecular formula is C19H22ClN3O4S2. The van der Waals surface area contributed by atoms with Crippen LogP contribution in [0.5, 0.6) is 0 Å². The summed E-state index contributed by atoms with van der Waals surface area (Å²) in [7, 11) is -3.69. The van der Waals surface area contributed by atoms with E-state index in [-0.39, 0.29) is 29.8 Å². The van der Waals surface area contributed by atoms with Gasteiger partial charge in [0.25, 0.3) is 0 Å². The Kier molecular flexibility index (Phi) is 7.28. The first-order valence-corrected chi connectivity index (χ1v) is 11.9. The molecule has 0 aliphatic carbocycles. The number of hydrogen-bond donors (Lipinski definition) is 2. The molecule has 2 amide bonds. The van der Waals surface area contributed by atoms with E-state index in [4.69, 9.17) is 11.6 Å². The average Bonchev–Trinajstić information content (AvgIpc) is 3.24. The van der Waals surface area contributed by atoms with Gasteiger partial charge in [-0.25, -0.2) is 8.42 Å². The molecule has 156 valence electrons. The molecule has 0 unspecified atom stereocenters. The number of sulfonamides is 1. The lowest BCUT2D eigenvalue weighted by Gasteiger charge is -2.31. The van der Waals surface area contributed by atoms with Crippen molar-refractivity contribution in [3.05, 3.63) is 51.7 Å². The number of nitrogens with zero attached hydrogens (tertiary/aromatic N) is 1. The highest BCUT2D eigenvalue weighted by atomic mass is 35.5. The second-order valence-corrected chi connectivity index (χ2v) is 10.1. The summed E-state index contributed by atoms with van der Waals surface area (Å²) < 4.78 is 27.0. The minimum atomic E-state index is -3.69. The summed E-state index contributed by atoms with van der Waals surface area (Å²) in [6.45, 7) is 0.733. The van der Waals surface area contributed by atoms with Crippen LogP contribution in [0, 0.1) is 5.92 Å². The highest BCUT2D eigenvalue weighted by molar-refractivity contribution is 7.89. The van der Waals surface area contributed by atoms with Gasteiger partial charge in [-0.1, -0.05) is 17.7 Å². The number of thiophene rings is 1. The van der Waals surface area contributed by atoms with Gasteiger partial charge in [0.1, 0.15) is 0 Å². The average molecular weight is 456 g/mol. The molecule has 1 aliphatic rings. The number of carbonyl (C=O) groups is 2. The zero-order chi connectivity index (χ0) is 20.9. The van der Waals surface area contributed by atoms with Crippen molar-refractivity contribution in [2.45, 2.75) is 24.3 Å². The van der Waals surface area contributed by atoms with Crippen molar-refractivity contribution in [3.8, 4) is 0 Å². The predicted octanol–water partition coefficient (Wildman–Crippen LogP) is 2.23. The quantitative estimate of drug-likeness (QED) is 0.669. The Morgan fingerprint density at radius 2 is 1.93 bits per heavy atom. The van der Waals surface area contributed by atoms with Gasteiger partial charge < -0.3 is 10.6 Å². The van der Waals surface area contributed by atoms with Crippen molar-refractivity contribution in [1.82, 2.24) is 14.9 Å². The molecule has 10 heteroatoms. The van der Waals surface area contributed by atoms with E-state index in [9.17, 15) is 18.0 Å². The van der Waals surface area contributed by atoms with Gasteiger partial charge in [-0.15, -0.1) is 11.3 Å². The van der Waals surface area contributed by atoms with Gasteiger partial charge in [0.15, 0.2) is 0 Å². The van der Waals surface area contributed by atoms with E-state index < -0.39 is 15.9 Å². The summed E-state index contributed by atoms with van der Waals surface area (Å²) in [5.41, 5.74) is 0. The Morgan fingerprint density at radius 3 is 2.62 bits per heavy atom. The standard InChI is InChI=1S/C19H22ClN3O4S2/c20-15-5-7-17(8-6-15)29(26,27)23-9-1-3-14(13-23)19(25)22-12-18(24)21-11-16-4-2-10-28-16/h2,4-8,10,14H,1,3,9,11-13H2,(H,21,24)(H,22,25)/t14-/m0/s1. The monoisotopic (exact) mass is 455 g/mol. The third kappa shape index (κ3) is 5.79. The van der Waals surface area contributed by atoms with Crippen LogP contribution in [0.25, 0.3) is 0 Å². The molecule has 29 heavy (non-hydrogen) atoms. The summed E-state index contributed by atoms with van der Waals surface area (Å²) in [5, 5.41) is 7.74. The van der Waals surface area contributed by atoms with Crippen LogP contribution >= 0.6 is 22.9 Å². The minimum Gasteiger partial charge on any atom is -0.350 e. The lowest BCUT2D eigenvalue weighted by molar-refractivity contribution is -0.129. The van der Waals surface area contributed by atoms with Gasteiger partial charge in [-0.3, -0.25) is 9.59 Å². The van der Waals surface area contributed by atoms with Crippen LogP contribution in [0.2, 0.25) is 5.02 Å². The zero-order valence-corrected chi connectivity index (χ0v) is 18.0.